The minimum absolute atomic E-state index is 0.611. The molecule has 5 rings (SSSR count). The van der Waals surface area contributed by atoms with Gasteiger partial charge >= 0.3 is 0 Å². The highest BCUT2D eigenvalue weighted by atomic mass is 35.5. The molecule has 1 aliphatic heterocycles. The summed E-state index contributed by atoms with van der Waals surface area (Å²) in [4.78, 5) is 10.7. The van der Waals surface area contributed by atoms with Gasteiger partial charge in [-0.1, -0.05) is 36.4 Å². The number of pyridine rings is 1. The van der Waals surface area contributed by atoms with Crippen molar-refractivity contribution in [3.05, 3.63) is 130 Å². The monoisotopic (exact) mass is 468 g/mol. The summed E-state index contributed by atoms with van der Waals surface area (Å²) in [5.74, 6) is 0. The third kappa shape index (κ3) is 3.54. The molecule has 0 saturated heterocycles. The molecule has 3 heterocycles. The topological polar surface area (TPSA) is 54.2 Å². The first-order chi connectivity index (χ1) is 16.3. The molecule has 0 aliphatic carbocycles. The number of hydrogen-bond acceptors (Lipinski definition) is 4. The minimum atomic E-state index is -1.43. The van der Waals surface area contributed by atoms with E-state index < -0.39 is 5.60 Å². The number of anilines is 1. The van der Waals surface area contributed by atoms with Gasteiger partial charge in [0.1, 0.15) is 0 Å². The van der Waals surface area contributed by atoms with Crippen LogP contribution in [0.25, 0.3) is 5.57 Å². The summed E-state index contributed by atoms with van der Waals surface area (Å²) >= 11 is 6.16. The molecule has 1 atom stereocenters. The Bertz CT molecular complexity index is 1440. The standard InChI is InChI=1S/C28H25ClN4O/c1-18-13-20(11-12-31-18)24-14-19(2)33(4)26-10-7-22(15-25(24)26)28(34,27-16-30-17-32(27)3)21-5-8-23(29)9-6-21/h5-17,34H,2H2,1,3-4H3/t28-/m1/s1. The summed E-state index contributed by atoms with van der Waals surface area (Å²) < 4.78 is 1.84. The number of imidazole rings is 1. The van der Waals surface area contributed by atoms with Gasteiger partial charge in [0.2, 0.25) is 0 Å². The van der Waals surface area contributed by atoms with Gasteiger partial charge in [-0.2, -0.15) is 0 Å². The van der Waals surface area contributed by atoms with E-state index in [0.29, 0.717) is 16.3 Å². The van der Waals surface area contributed by atoms with Crippen LogP contribution in [0.2, 0.25) is 5.02 Å². The SMILES string of the molecule is C=C1C=C(c2ccnc(C)c2)c2cc([C@](O)(c3ccc(Cl)cc3)c3cncn3C)ccc2N1C. The Hall–Kier alpha value is -3.67. The molecule has 0 unspecified atom stereocenters. The van der Waals surface area contributed by atoms with Gasteiger partial charge in [0.15, 0.2) is 5.60 Å². The van der Waals surface area contributed by atoms with E-state index in [4.69, 9.17) is 11.6 Å². The van der Waals surface area contributed by atoms with Crippen LogP contribution in [0.1, 0.15) is 33.6 Å². The Morgan fingerprint density at radius 1 is 1.00 bits per heavy atom. The van der Waals surface area contributed by atoms with E-state index in [0.717, 1.165) is 39.3 Å². The molecule has 0 amide bonds. The average molecular weight is 469 g/mol. The molecule has 6 heteroatoms. The summed E-state index contributed by atoms with van der Waals surface area (Å²) in [6.45, 7) is 6.21. The third-order valence-electron chi connectivity index (χ3n) is 6.46. The number of benzene rings is 2. The first-order valence-electron chi connectivity index (χ1n) is 11.0. The predicted molar refractivity (Wildman–Crippen MR) is 137 cm³/mol. The largest absolute Gasteiger partial charge is 0.374 e. The lowest BCUT2D eigenvalue weighted by Gasteiger charge is -2.34. The second kappa shape index (κ2) is 8.28. The Kier molecular flexibility index (Phi) is 5.39. The van der Waals surface area contributed by atoms with Gasteiger partial charge in [-0.05, 0) is 71.7 Å². The first kappa shape index (κ1) is 22.1. The molecule has 2 aromatic heterocycles. The number of hydrogen-bond donors (Lipinski definition) is 1. The number of aryl methyl sites for hydroxylation is 2. The zero-order valence-corrected chi connectivity index (χ0v) is 20.1. The number of aromatic nitrogens is 3. The van der Waals surface area contributed by atoms with Crippen LogP contribution >= 0.6 is 11.6 Å². The van der Waals surface area contributed by atoms with Gasteiger partial charge in [-0.3, -0.25) is 4.98 Å². The van der Waals surface area contributed by atoms with Crippen molar-refractivity contribution in [1.82, 2.24) is 14.5 Å². The van der Waals surface area contributed by atoms with Crippen LogP contribution in [-0.2, 0) is 12.6 Å². The van der Waals surface area contributed by atoms with Crippen molar-refractivity contribution < 1.29 is 5.11 Å². The number of rotatable bonds is 4. The Morgan fingerprint density at radius 2 is 1.74 bits per heavy atom. The Labute approximate surface area is 204 Å². The van der Waals surface area contributed by atoms with Crippen LogP contribution in [0, 0.1) is 6.92 Å². The Morgan fingerprint density at radius 3 is 2.41 bits per heavy atom. The fourth-order valence-electron chi connectivity index (χ4n) is 4.58. The van der Waals surface area contributed by atoms with Crippen LogP contribution in [0.4, 0.5) is 5.69 Å². The fourth-order valence-corrected chi connectivity index (χ4v) is 4.70. The highest BCUT2D eigenvalue weighted by Gasteiger charge is 2.37. The molecule has 0 fully saturated rings. The van der Waals surface area contributed by atoms with Crippen molar-refractivity contribution in [1.29, 1.82) is 0 Å². The van der Waals surface area contributed by atoms with E-state index in [1.54, 1.807) is 24.7 Å². The number of nitrogens with zero attached hydrogens (tertiary/aromatic N) is 4. The second-order valence-corrected chi connectivity index (χ2v) is 9.07. The van der Waals surface area contributed by atoms with Gasteiger partial charge < -0.3 is 14.6 Å². The smallest absolute Gasteiger partial charge is 0.156 e. The van der Waals surface area contributed by atoms with Gasteiger partial charge in [-0.15, -0.1) is 0 Å². The van der Waals surface area contributed by atoms with E-state index in [2.05, 4.69) is 39.7 Å². The molecule has 34 heavy (non-hydrogen) atoms. The van der Waals surface area contributed by atoms with Crippen molar-refractivity contribution in [2.24, 2.45) is 7.05 Å². The van der Waals surface area contributed by atoms with Gasteiger partial charge in [-0.25, -0.2) is 4.98 Å². The molecule has 0 radical (unpaired) electrons. The maximum atomic E-state index is 12.3. The van der Waals surface area contributed by atoms with Crippen molar-refractivity contribution in [3.63, 3.8) is 0 Å². The summed E-state index contributed by atoms with van der Waals surface area (Å²) in [6, 6.07) is 17.4. The molecule has 0 spiro atoms. The van der Waals surface area contributed by atoms with Gasteiger partial charge in [0.05, 0.1) is 18.2 Å². The molecule has 0 saturated carbocycles. The number of fused-ring (bicyclic) bond motifs is 1. The lowest BCUT2D eigenvalue weighted by atomic mass is 9.81. The molecule has 5 nitrogen and oxygen atoms in total. The molecule has 1 N–H and O–H groups in total. The van der Waals surface area contributed by atoms with Gasteiger partial charge in [0, 0.05) is 48.0 Å². The van der Waals surface area contributed by atoms with E-state index in [1.165, 1.54) is 0 Å². The second-order valence-electron chi connectivity index (χ2n) is 8.63. The lowest BCUT2D eigenvalue weighted by Crippen LogP contribution is -2.31. The zero-order chi connectivity index (χ0) is 24.0. The molecule has 4 aromatic rings. The molecule has 1 aliphatic rings. The molecule has 2 aromatic carbocycles. The number of likely N-dealkylation sites (N-methyl/N-ethyl adjacent to an activating group) is 1. The average Bonchev–Trinajstić information content (AvgIpc) is 3.27. The summed E-state index contributed by atoms with van der Waals surface area (Å²) in [5, 5.41) is 13.0. The van der Waals surface area contributed by atoms with Crippen molar-refractivity contribution in [2.45, 2.75) is 12.5 Å². The minimum Gasteiger partial charge on any atom is -0.374 e. The maximum absolute atomic E-state index is 12.3. The van der Waals surface area contributed by atoms with Crippen LogP contribution < -0.4 is 4.90 Å². The molecule has 170 valence electrons. The number of aliphatic hydroxyl groups is 1. The van der Waals surface area contributed by atoms with Crippen LogP contribution in [0.15, 0.2) is 91.7 Å². The van der Waals surface area contributed by atoms with Crippen molar-refractivity contribution >= 4 is 22.9 Å². The normalized spacial score (nSPS) is 15.0. The molecular formula is C28H25ClN4O. The van der Waals surface area contributed by atoms with Crippen LogP contribution in [0.5, 0.6) is 0 Å². The predicted octanol–water partition coefficient (Wildman–Crippen LogP) is 5.46. The fraction of sp³-hybridized carbons (Fsp3) is 0.143. The summed E-state index contributed by atoms with van der Waals surface area (Å²) in [5.41, 5.74) is 6.61. The number of allylic oxidation sites excluding steroid dienone is 1. The summed E-state index contributed by atoms with van der Waals surface area (Å²) in [6.07, 6.45) is 7.28. The first-order valence-corrected chi connectivity index (χ1v) is 11.3. The lowest BCUT2D eigenvalue weighted by molar-refractivity contribution is 0.117. The summed E-state index contributed by atoms with van der Waals surface area (Å²) in [7, 11) is 3.88. The van der Waals surface area contributed by atoms with E-state index in [-0.39, 0.29) is 0 Å². The highest BCUT2D eigenvalue weighted by Crippen LogP contribution is 2.43. The van der Waals surface area contributed by atoms with Crippen LogP contribution in [0.3, 0.4) is 0 Å². The zero-order valence-electron chi connectivity index (χ0n) is 19.3. The third-order valence-corrected chi connectivity index (χ3v) is 6.72. The quantitative estimate of drug-likeness (QED) is 0.432. The highest BCUT2D eigenvalue weighted by molar-refractivity contribution is 6.30. The van der Waals surface area contributed by atoms with Crippen molar-refractivity contribution in [3.8, 4) is 0 Å². The molecule has 0 bridgehead atoms. The van der Waals surface area contributed by atoms with Crippen molar-refractivity contribution in [2.75, 3.05) is 11.9 Å². The van der Waals surface area contributed by atoms with E-state index in [9.17, 15) is 5.11 Å². The molecular weight excluding hydrogens is 444 g/mol. The van der Waals surface area contributed by atoms with E-state index in [1.807, 2.05) is 62.1 Å². The van der Waals surface area contributed by atoms with E-state index >= 15 is 0 Å². The van der Waals surface area contributed by atoms with Gasteiger partial charge in [0.25, 0.3) is 0 Å². The Balaban J connectivity index is 1.76. The van der Waals surface area contributed by atoms with Crippen LogP contribution in [-0.4, -0.2) is 26.7 Å². The maximum Gasteiger partial charge on any atom is 0.156 e. The number of halogens is 1.